The molecule has 4 nitrogen and oxygen atoms in total. The Hall–Kier alpha value is -2.05. The molecule has 3 rings (SSSR count). The van der Waals surface area contributed by atoms with Crippen LogP contribution in [0.3, 0.4) is 0 Å². The molecule has 1 amide bonds. The summed E-state index contributed by atoms with van der Waals surface area (Å²) in [6, 6.07) is 7.55. The number of halogens is 2. The Morgan fingerprint density at radius 3 is 2.86 bits per heavy atom. The monoisotopic (exact) mass is 321 g/mol. The van der Waals surface area contributed by atoms with Gasteiger partial charge in [-0.15, -0.1) is 0 Å². The minimum Gasteiger partial charge on any atom is -0.319 e. The Balaban J connectivity index is 1.98. The van der Waals surface area contributed by atoms with Gasteiger partial charge in [0.25, 0.3) is 5.91 Å². The van der Waals surface area contributed by atoms with Crippen molar-refractivity contribution in [3.05, 3.63) is 52.3 Å². The van der Waals surface area contributed by atoms with Crippen molar-refractivity contribution in [2.24, 2.45) is 0 Å². The number of aromatic nitrogens is 2. The fourth-order valence-corrected chi connectivity index (χ4v) is 2.66. The molecule has 106 valence electrons. The number of hydrogen-bond donors (Lipinski definition) is 1. The van der Waals surface area contributed by atoms with Gasteiger partial charge in [-0.25, -0.2) is 4.39 Å². The van der Waals surface area contributed by atoms with E-state index in [-0.39, 0.29) is 11.7 Å². The van der Waals surface area contributed by atoms with E-state index in [0.717, 1.165) is 11.7 Å². The zero-order valence-corrected chi connectivity index (χ0v) is 12.4. The Bertz CT molecular complexity index is 849. The van der Waals surface area contributed by atoms with E-state index in [1.54, 1.807) is 19.1 Å². The largest absolute Gasteiger partial charge is 0.319 e. The summed E-state index contributed by atoms with van der Waals surface area (Å²) >= 11 is 7.15. The molecule has 0 aliphatic rings. The second kappa shape index (κ2) is 5.38. The first-order valence-corrected chi connectivity index (χ1v) is 7.15. The Morgan fingerprint density at radius 1 is 1.29 bits per heavy atom. The molecule has 0 aliphatic carbocycles. The SMILES string of the molecule is Cc1cc(C(=O)Nc2c(Cl)ccc3nsnc23)ccc1F. The number of rotatable bonds is 2. The van der Waals surface area contributed by atoms with Crippen molar-refractivity contribution in [3.63, 3.8) is 0 Å². The average Bonchev–Trinajstić information content (AvgIpc) is 2.93. The van der Waals surface area contributed by atoms with Crippen LogP contribution in [0.25, 0.3) is 11.0 Å². The van der Waals surface area contributed by atoms with E-state index in [4.69, 9.17) is 11.6 Å². The maximum atomic E-state index is 13.3. The van der Waals surface area contributed by atoms with Crippen molar-refractivity contribution in [1.82, 2.24) is 8.75 Å². The summed E-state index contributed by atoms with van der Waals surface area (Å²) < 4.78 is 21.5. The summed E-state index contributed by atoms with van der Waals surface area (Å²) in [4.78, 5) is 12.3. The predicted molar refractivity (Wildman–Crippen MR) is 81.5 cm³/mol. The summed E-state index contributed by atoms with van der Waals surface area (Å²) in [6.45, 7) is 1.60. The van der Waals surface area contributed by atoms with Crippen molar-refractivity contribution < 1.29 is 9.18 Å². The van der Waals surface area contributed by atoms with Gasteiger partial charge in [-0.05, 0) is 42.8 Å². The topological polar surface area (TPSA) is 54.9 Å². The number of nitrogens with zero attached hydrogens (tertiary/aromatic N) is 2. The molecule has 0 saturated heterocycles. The highest BCUT2D eigenvalue weighted by atomic mass is 35.5. The molecule has 0 fully saturated rings. The smallest absolute Gasteiger partial charge is 0.255 e. The normalized spacial score (nSPS) is 10.8. The Kier molecular flexibility index (Phi) is 3.57. The first kappa shape index (κ1) is 13.9. The van der Waals surface area contributed by atoms with E-state index in [2.05, 4.69) is 14.1 Å². The zero-order chi connectivity index (χ0) is 15.0. The number of anilines is 1. The van der Waals surface area contributed by atoms with Crippen LogP contribution < -0.4 is 5.32 Å². The number of fused-ring (bicyclic) bond motifs is 1. The summed E-state index contributed by atoms with van der Waals surface area (Å²) in [5, 5.41) is 3.09. The van der Waals surface area contributed by atoms with Crippen molar-refractivity contribution in [3.8, 4) is 0 Å². The minimum atomic E-state index is -0.375. The Labute approximate surface area is 128 Å². The highest BCUT2D eigenvalue weighted by Crippen LogP contribution is 2.30. The number of carbonyl (C=O) groups is 1. The van der Waals surface area contributed by atoms with Gasteiger partial charge in [-0.3, -0.25) is 4.79 Å². The van der Waals surface area contributed by atoms with Crippen molar-refractivity contribution in [1.29, 1.82) is 0 Å². The van der Waals surface area contributed by atoms with Crippen LogP contribution in [0.5, 0.6) is 0 Å². The lowest BCUT2D eigenvalue weighted by Crippen LogP contribution is -2.13. The van der Waals surface area contributed by atoms with Gasteiger partial charge >= 0.3 is 0 Å². The first-order chi connectivity index (χ1) is 10.1. The van der Waals surface area contributed by atoms with Crippen LogP contribution in [0.15, 0.2) is 30.3 Å². The van der Waals surface area contributed by atoms with Gasteiger partial charge < -0.3 is 5.32 Å². The van der Waals surface area contributed by atoms with Crippen LogP contribution in [0.1, 0.15) is 15.9 Å². The molecule has 1 heterocycles. The number of aryl methyl sites for hydroxylation is 1. The number of benzene rings is 2. The predicted octanol–water partition coefficient (Wildman–Crippen LogP) is 4.04. The van der Waals surface area contributed by atoms with Crippen LogP contribution in [-0.4, -0.2) is 14.7 Å². The van der Waals surface area contributed by atoms with E-state index in [0.29, 0.717) is 32.9 Å². The van der Waals surface area contributed by atoms with Crippen LogP contribution >= 0.6 is 23.3 Å². The molecule has 0 saturated carbocycles. The van der Waals surface area contributed by atoms with Crippen LogP contribution in [0.2, 0.25) is 5.02 Å². The summed E-state index contributed by atoms with van der Waals surface area (Å²) in [7, 11) is 0. The van der Waals surface area contributed by atoms with Gasteiger partial charge in [0.1, 0.15) is 16.9 Å². The lowest BCUT2D eigenvalue weighted by Gasteiger charge is -2.08. The van der Waals surface area contributed by atoms with Gasteiger partial charge in [0, 0.05) is 5.56 Å². The maximum absolute atomic E-state index is 13.3. The molecule has 3 aromatic rings. The zero-order valence-electron chi connectivity index (χ0n) is 10.9. The fourth-order valence-electron chi connectivity index (χ4n) is 1.92. The number of carbonyl (C=O) groups excluding carboxylic acids is 1. The first-order valence-electron chi connectivity index (χ1n) is 6.04. The number of hydrogen-bond acceptors (Lipinski definition) is 4. The van der Waals surface area contributed by atoms with Gasteiger partial charge in [0.15, 0.2) is 0 Å². The molecular weight excluding hydrogens is 313 g/mol. The van der Waals surface area contributed by atoms with Crippen molar-refractivity contribution in [2.75, 3.05) is 5.32 Å². The van der Waals surface area contributed by atoms with E-state index in [9.17, 15) is 9.18 Å². The molecule has 1 aromatic heterocycles. The summed E-state index contributed by atoms with van der Waals surface area (Å²) in [5.41, 5.74) is 2.37. The quantitative estimate of drug-likeness (QED) is 0.775. The lowest BCUT2D eigenvalue weighted by atomic mass is 10.1. The third kappa shape index (κ3) is 2.59. The van der Waals surface area contributed by atoms with Crippen LogP contribution in [0, 0.1) is 12.7 Å². The van der Waals surface area contributed by atoms with E-state index in [1.165, 1.54) is 18.2 Å². The molecule has 0 aliphatic heterocycles. The molecule has 0 spiro atoms. The number of nitrogens with one attached hydrogen (secondary N) is 1. The van der Waals surface area contributed by atoms with Crippen molar-refractivity contribution in [2.45, 2.75) is 6.92 Å². The second-order valence-corrected chi connectivity index (χ2v) is 5.41. The van der Waals surface area contributed by atoms with Crippen LogP contribution in [-0.2, 0) is 0 Å². The van der Waals surface area contributed by atoms with Gasteiger partial charge in [-0.1, -0.05) is 11.6 Å². The molecule has 0 radical (unpaired) electrons. The van der Waals surface area contributed by atoms with Crippen LogP contribution in [0.4, 0.5) is 10.1 Å². The van der Waals surface area contributed by atoms with E-state index in [1.807, 2.05) is 0 Å². The highest BCUT2D eigenvalue weighted by Gasteiger charge is 2.14. The van der Waals surface area contributed by atoms with E-state index >= 15 is 0 Å². The highest BCUT2D eigenvalue weighted by molar-refractivity contribution is 7.00. The maximum Gasteiger partial charge on any atom is 0.255 e. The fraction of sp³-hybridized carbons (Fsp3) is 0.0714. The average molecular weight is 322 g/mol. The molecular formula is C14H9ClFN3OS. The Morgan fingerprint density at radius 2 is 2.10 bits per heavy atom. The summed E-state index contributed by atoms with van der Waals surface area (Å²) in [5.74, 6) is -0.726. The van der Waals surface area contributed by atoms with Gasteiger partial charge in [-0.2, -0.15) is 8.75 Å². The molecule has 2 aromatic carbocycles. The van der Waals surface area contributed by atoms with Gasteiger partial charge in [0.2, 0.25) is 0 Å². The third-order valence-corrected chi connectivity index (χ3v) is 3.89. The molecule has 21 heavy (non-hydrogen) atoms. The van der Waals surface area contributed by atoms with E-state index < -0.39 is 0 Å². The van der Waals surface area contributed by atoms with Crippen molar-refractivity contribution >= 4 is 46.0 Å². The minimum absolute atomic E-state index is 0.351. The second-order valence-electron chi connectivity index (χ2n) is 4.47. The molecule has 1 N–H and O–H groups in total. The molecule has 0 bridgehead atoms. The lowest BCUT2D eigenvalue weighted by molar-refractivity contribution is 0.102. The molecule has 7 heteroatoms. The third-order valence-electron chi connectivity index (χ3n) is 3.04. The molecule has 0 atom stereocenters. The molecule has 0 unspecified atom stereocenters. The van der Waals surface area contributed by atoms with Gasteiger partial charge in [0.05, 0.1) is 22.4 Å². The standard InChI is InChI=1S/C14H9ClFN3OS/c1-7-6-8(2-4-10(7)16)14(20)17-12-9(15)3-5-11-13(12)19-21-18-11/h2-6H,1H3,(H,17,20). The summed E-state index contributed by atoms with van der Waals surface area (Å²) in [6.07, 6.45) is 0. The number of amides is 1.